The molecule has 0 atom stereocenters. The lowest BCUT2D eigenvalue weighted by atomic mass is 10.1. The SMILES string of the molecule is C1=CC=C(OCCN2CCCCC2)CC=1. The predicted molar refractivity (Wildman–Crippen MR) is 61.6 cm³/mol. The Labute approximate surface area is 91.9 Å². The van der Waals surface area contributed by atoms with Crippen LogP contribution in [0.15, 0.2) is 29.7 Å². The second-order valence-corrected chi connectivity index (χ2v) is 4.13. The summed E-state index contributed by atoms with van der Waals surface area (Å²) >= 11 is 0. The van der Waals surface area contributed by atoms with Gasteiger partial charge in [-0.1, -0.05) is 6.42 Å². The van der Waals surface area contributed by atoms with Crippen molar-refractivity contribution in [2.75, 3.05) is 26.2 Å². The lowest BCUT2D eigenvalue weighted by molar-refractivity contribution is 0.141. The van der Waals surface area contributed by atoms with E-state index < -0.39 is 0 Å². The van der Waals surface area contributed by atoms with Gasteiger partial charge < -0.3 is 4.74 Å². The summed E-state index contributed by atoms with van der Waals surface area (Å²) in [5.41, 5.74) is 3.04. The summed E-state index contributed by atoms with van der Waals surface area (Å²) in [5.74, 6) is 1.07. The number of nitrogens with zero attached hydrogens (tertiary/aromatic N) is 1. The molecule has 2 nitrogen and oxygen atoms in total. The Bertz CT molecular complexity index is 281. The summed E-state index contributed by atoms with van der Waals surface area (Å²) in [5, 5.41) is 0. The molecule has 2 aliphatic rings. The van der Waals surface area contributed by atoms with Crippen molar-refractivity contribution < 1.29 is 4.74 Å². The summed E-state index contributed by atoms with van der Waals surface area (Å²) < 4.78 is 5.70. The molecule has 0 bridgehead atoms. The van der Waals surface area contributed by atoms with Crippen molar-refractivity contribution in [3.8, 4) is 0 Å². The van der Waals surface area contributed by atoms with Crippen LogP contribution in [0.5, 0.6) is 0 Å². The summed E-state index contributed by atoms with van der Waals surface area (Å²) in [7, 11) is 0. The van der Waals surface area contributed by atoms with Gasteiger partial charge in [-0.05, 0) is 44.2 Å². The molecule has 0 aromatic carbocycles. The normalized spacial score (nSPS) is 21.5. The lowest BCUT2D eigenvalue weighted by Gasteiger charge is -2.26. The number of hydrogen-bond donors (Lipinski definition) is 0. The summed E-state index contributed by atoms with van der Waals surface area (Å²) in [6.07, 6.45) is 10.9. The van der Waals surface area contributed by atoms with Crippen LogP contribution >= 0.6 is 0 Å². The van der Waals surface area contributed by atoms with Gasteiger partial charge in [0.2, 0.25) is 0 Å². The van der Waals surface area contributed by atoms with Crippen LogP contribution < -0.4 is 0 Å². The van der Waals surface area contributed by atoms with Gasteiger partial charge in [0.05, 0.1) is 0 Å². The van der Waals surface area contributed by atoms with E-state index in [-0.39, 0.29) is 0 Å². The molecule has 2 rings (SSSR count). The standard InChI is InChI=1S/C13H19NO/c1-3-7-13(8-4-1)15-12-11-14-9-5-2-6-10-14/h3-4,7H,2,5-6,8-12H2. The minimum Gasteiger partial charge on any atom is -0.496 e. The highest BCUT2D eigenvalue weighted by molar-refractivity contribution is 5.15. The van der Waals surface area contributed by atoms with Crippen molar-refractivity contribution >= 4 is 0 Å². The van der Waals surface area contributed by atoms with Crippen LogP contribution in [0.2, 0.25) is 0 Å². The maximum absolute atomic E-state index is 5.70. The summed E-state index contributed by atoms with van der Waals surface area (Å²) in [6.45, 7) is 4.41. The molecule has 1 saturated heterocycles. The Morgan fingerprint density at radius 3 is 2.87 bits per heavy atom. The highest BCUT2D eigenvalue weighted by Gasteiger charge is 2.09. The zero-order valence-corrected chi connectivity index (χ0v) is 9.24. The topological polar surface area (TPSA) is 12.5 Å². The van der Waals surface area contributed by atoms with Crippen LogP contribution in [0.25, 0.3) is 0 Å². The molecule has 1 fully saturated rings. The number of ether oxygens (including phenoxy) is 1. The van der Waals surface area contributed by atoms with Crippen molar-refractivity contribution in [1.82, 2.24) is 4.90 Å². The Kier molecular flexibility index (Phi) is 4.07. The first-order valence-corrected chi connectivity index (χ1v) is 5.90. The van der Waals surface area contributed by atoms with Crippen LogP contribution in [0, 0.1) is 0 Å². The predicted octanol–water partition coefficient (Wildman–Crippen LogP) is 2.49. The summed E-state index contributed by atoms with van der Waals surface area (Å²) in [6, 6.07) is 0. The van der Waals surface area contributed by atoms with Gasteiger partial charge >= 0.3 is 0 Å². The van der Waals surface area contributed by atoms with E-state index in [2.05, 4.69) is 10.6 Å². The van der Waals surface area contributed by atoms with Crippen LogP contribution in [0.4, 0.5) is 0 Å². The molecule has 1 aliphatic carbocycles. The monoisotopic (exact) mass is 205 g/mol. The van der Waals surface area contributed by atoms with Gasteiger partial charge in [0.1, 0.15) is 12.4 Å². The number of rotatable bonds is 4. The zero-order chi connectivity index (χ0) is 10.3. The van der Waals surface area contributed by atoms with Gasteiger partial charge in [-0.15, -0.1) is 5.73 Å². The van der Waals surface area contributed by atoms with Crippen molar-refractivity contribution in [3.63, 3.8) is 0 Å². The highest BCUT2D eigenvalue weighted by atomic mass is 16.5. The molecule has 1 aliphatic heterocycles. The van der Waals surface area contributed by atoms with E-state index in [0.717, 1.165) is 25.3 Å². The van der Waals surface area contributed by atoms with Gasteiger partial charge in [0.15, 0.2) is 0 Å². The minimum atomic E-state index is 0.827. The van der Waals surface area contributed by atoms with Crippen molar-refractivity contribution in [2.24, 2.45) is 0 Å². The first-order valence-electron chi connectivity index (χ1n) is 5.90. The molecule has 0 aromatic heterocycles. The van der Waals surface area contributed by atoms with Gasteiger partial charge in [-0.25, -0.2) is 0 Å². The van der Waals surface area contributed by atoms with E-state index in [1.54, 1.807) is 0 Å². The smallest absolute Gasteiger partial charge is 0.101 e. The molecule has 2 heteroatoms. The third kappa shape index (κ3) is 3.58. The van der Waals surface area contributed by atoms with Gasteiger partial charge in [0.25, 0.3) is 0 Å². The number of allylic oxidation sites excluding steroid dienone is 2. The number of likely N-dealkylation sites (tertiary alicyclic amines) is 1. The van der Waals surface area contributed by atoms with Crippen molar-refractivity contribution in [3.05, 3.63) is 29.7 Å². The van der Waals surface area contributed by atoms with E-state index in [1.165, 1.54) is 32.4 Å². The van der Waals surface area contributed by atoms with E-state index in [4.69, 9.17) is 4.74 Å². The third-order valence-corrected chi connectivity index (χ3v) is 2.93. The van der Waals surface area contributed by atoms with E-state index in [9.17, 15) is 0 Å². The molecule has 0 N–H and O–H groups in total. The van der Waals surface area contributed by atoms with E-state index in [1.807, 2.05) is 18.2 Å². The molecular formula is C13H19NO. The average Bonchev–Trinajstić information content (AvgIpc) is 2.32. The highest BCUT2D eigenvalue weighted by Crippen LogP contribution is 2.10. The molecular weight excluding hydrogens is 186 g/mol. The Balaban J connectivity index is 1.62. The first kappa shape index (κ1) is 10.5. The fourth-order valence-electron chi connectivity index (χ4n) is 2.03. The molecule has 0 radical (unpaired) electrons. The molecule has 1 heterocycles. The molecule has 0 unspecified atom stereocenters. The van der Waals surface area contributed by atoms with E-state index in [0.29, 0.717) is 0 Å². The first-order chi connectivity index (χ1) is 7.45. The lowest BCUT2D eigenvalue weighted by Crippen LogP contribution is -2.32. The molecule has 15 heavy (non-hydrogen) atoms. The van der Waals surface area contributed by atoms with Crippen molar-refractivity contribution in [2.45, 2.75) is 25.7 Å². The fourth-order valence-corrected chi connectivity index (χ4v) is 2.03. The van der Waals surface area contributed by atoms with Crippen LogP contribution in [-0.4, -0.2) is 31.1 Å². The fraction of sp³-hybridized carbons (Fsp3) is 0.615. The minimum absolute atomic E-state index is 0.827. The zero-order valence-electron chi connectivity index (χ0n) is 9.24. The Hall–Kier alpha value is -0.980. The third-order valence-electron chi connectivity index (χ3n) is 2.93. The second kappa shape index (κ2) is 5.79. The maximum atomic E-state index is 5.70. The Morgan fingerprint density at radius 2 is 2.13 bits per heavy atom. The Morgan fingerprint density at radius 1 is 1.27 bits per heavy atom. The van der Waals surface area contributed by atoms with Crippen molar-refractivity contribution in [1.29, 1.82) is 0 Å². The number of piperidine rings is 1. The van der Waals surface area contributed by atoms with Gasteiger partial charge in [-0.2, -0.15) is 0 Å². The molecule has 82 valence electrons. The van der Waals surface area contributed by atoms with Crippen LogP contribution in [-0.2, 0) is 4.74 Å². The molecule has 0 aromatic rings. The van der Waals surface area contributed by atoms with E-state index >= 15 is 0 Å². The average molecular weight is 205 g/mol. The van der Waals surface area contributed by atoms with Crippen LogP contribution in [0.3, 0.4) is 0 Å². The largest absolute Gasteiger partial charge is 0.496 e. The molecule has 0 amide bonds. The molecule has 0 spiro atoms. The quantitative estimate of drug-likeness (QED) is 0.654. The van der Waals surface area contributed by atoms with Gasteiger partial charge in [0, 0.05) is 13.0 Å². The van der Waals surface area contributed by atoms with Gasteiger partial charge in [-0.3, -0.25) is 4.90 Å². The second-order valence-electron chi connectivity index (χ2n) is 4.13. The maximum Gasteiger partial charge on any atom is 0.101 e. The van der Waals surface area contributed by atoms with Crippen LogP contribution in [0.1, 0.15) is 25.7 Å². The molecule has 0 saturated carbocycles. The summed E-state index contributed by atoms with van der Waals surface area (Å²) in [4.78, 5) is 2.50. The number of hydrogen-bond acceptors (Lipinski definition) is 2.